The molecule has 0 bridgehead atoms. The fourth-order valence-electron chi connectivity index (χ4n) is 2.06. The number of hydrogen-bond acceptors (Lipinski definition) is 5. The number of carbonyl (C=O) groups excluding carboxylic acids is 2. The van der Waals surface area contributed by atoms with Crippen molar-refractivity contribution >= 4 is 28.3 Å². The number of aromatic nitrogens is 2. The van der Waals surface area contributed by atoms with Crippen molar-refractivity contribution in [3.05, 3.63) is 40.4 Å². The Labute approximate surface area is 145 Å². The fraction of sp³-hybridized carbons (Fsp3) is 0.412. The van der Waals surface area contributed by atoms with Gasteiger partial charge in [-0.2, -0.15) is 0 Å². The number of nitrogens with one attached hydrogen (secondary N) is 2. The molecule has 0 fully saturated rings. The van der Waals surface area contributed by atoms with Gasteiger partial charge in [0.1, 0.15) is 5.01 Å². The van der Waals surface area contributed by atoms with Gasteiger partial charge in [-0.1, -0.05) is 48.8 Å². The fourth-order valence-corrected chi connectivity index (χ4v) is 2.86. The van der Waals surface area contributed by atoms with Crippen molar-refractivity contribution in [3.8, 4) is 0 Å². The van der Waals surface area contributed by atoms with Crippen LogP contribution in [0.3, 0.4) is 0 Å². The Morgan fingerprint density at radius 3 is 2.58 bits per heavy atom. The van der Waals surface area contributed by atoms with Gasteiger partial charge in [0, 0.05) is 12.0 Å². The van der Waals surface area contributed by atoms with Gasteiger partial charge in [0.15, 0.2) is 0 Å². The highest BCUT2D eigenvalue weighted by Gasteiger charge is 2.10. The largest absolute Gasteiger partial charge is 0.343 e. The molecular formula is C17H22N4O2S. The first-order valence-corrected chi connectivity index (χ1v) is 8.87. The third-order valence-electron chi connectivity index (χ3n) is 3.43. The standard InChI is InChI=1S/C17H22N4O2S/c1-3-4-5-6-15-20-21-17(24-15)19-14(22)11-18-16(23)13-9-7-12(2)8-10-13/h7-10H,3-6,11H2,1-2H3,(H,18,23)(H,19,21,22). The van der Waals surface area contributed by atoms with Gasteiger partial charge in [-0.3, -0.25) is 14.9 Å². The van der Waals surface area contributed by atoms with Gasteiger partial charge >= 0.3 is 0 Å². The second-order valence-corrected chi connectivity index (χ2v) is 6.62. The zero-order valence-electron chi connectivity index (χ0n) is 14.0. The van der Waals surface area contributed by atoms with Crippen LogP contribution in [0.5, 0.6) is 0 Å². The summed E-state index contributed by atoms with van der Waals surface area (Å²) in [6.07, 6.45) is 4.27. The molecular weight excluding hydrogens is 324 g/mol. The van der Waals surface area contributed by atoms with E-state index in [-0.39, 0.29) is 18.4 Å². The number of carbonyl (C=O) groups is 2. The smallest absolute Gasteiger partial charge is 0.251 e. The Bertz CT molecular complexity index is 682. The third kappa shape index (κ3) is 5.73. The summed E-state index contributed by atoms with van der Waals surface area (Å²) in [4.78, 5) is 23.8. The first kappa shape index (κ1) is 18.1. The van der Waals surface area contributed by atoms with Gasteiger partial charge in [-0.15, -0.1) is 10.2 Å². The van der Waals surface area contributed by atoms with E-state index in [1.807, 2.05) is 19.1 Å². The summed E-state index contributed by atoms with van der Waals surface area (Å²) in [5.74, 6) is -0.589. The summed E-state index contributed by atoms with van der Waals surface area (Å²) < 4.78 is 0. The maximum atomic E-state index is 11.9. The lowest BCUT2D eigenvalue weighted by molar-refractivity contribution is -0.115. The number of amides is 2. The van der Waals surface area contributed by atoms with E-state index in [1.165, 1.54) is 11.3 Å². The van der Waals surface area contributed by atoms with Gasteiger partial charge in [-0.05, 0) is 25.5 Å². The SMILES string of the molecule is CCCCCc1nnc(NC(=O)CNC(=O)c2ccc(C)cc2)s1. The van der Waals surface area contributed by atoms with Crippen LogP contribution in [0.15, 0.2) is 24.3 Å². The van der Waals surface area contributed by atoms with E-state index < -0.39 is 0 Å². The van der Waals surface area contributed by atoms with Crippen molar-refractivity contribution < 1.29 is 9.59 Å². The number of anilines is 1. The number of rotatable bonds is 8. The summed E-state index contributed by atoms with van der Waals surface area (Å²) in [5.41, 5.74) is 1.61. The number of hydrogen-bond donors (Lipinski definition) is 2. The first-order chi connectivity index (χ1) is 11.6. The minimum atomic E-state index is -0.313. The molecule has 0 radical (unpaired) electrons. The predicted molar refractivity (Wildman–Crippen MR) is 95.3 cm³/mol. The minimum Gasteiger partial charge on any atom is -0.343 e. The summed E-state index contributed by atoms with van der Waals surface area (Å²) in [6.45, 7) is 4.00. The zero-order valence-corrected chi connectivity index (χ0v) is 14.8. The van der Waals surface area contributed by atoms with Crippen LogP contribution in [0.4, 0.5) is 5.13 Å². The Balaban J connectivity index is 1.76. The predicted octanol–water partition coefficient (Wildman–Crippen LogP) is 2.95. The Hall–Kier alpha value is -2.28. The lowest BCUT2D eigenvalue weighted by Crippen LogP contribution is -2.32. The van der Waals surface area contributed by atoms with E-state index in [0.717, 1.165) is 36.3 Å². The first-order valence-electron chi connectivity index (χ1n) is 8.05. The number of unbranched alkanes of at least 4 members (excludes halogenated alkanes) is 2. The van der Waals surface area contributed by atoms with Gasteiger partial charge in [0.05, 0.1) is 6.54 Å². The van der Waals surface area contributed by atoms with Crippen molar-refractivity contribution in [1.29, 1.82) is 0 Å². The molecule has 0 saturated carbocycles. The maximum absolute atomic E-state index is 11.9. The van der Waals surface area contributed by atoms with Crippen LogP contribution in [-0.4, -0.2) is 28.6 Å². The second-order valence-electron chi connectivity index (χ2n) is 5.55. The van der Waals surface area contributed by atoms with Gasteiger partial charge in [0.2, 0.25) is 11.0 Å². The number of aryl methyl sites for hydroxylation is 2. The highest BCUT2D eigenvalue weighted by Crippen LogP contribution is 2.17. The molecule has 2 aromatic rings. The quantitative estimate of drug-likeness (QED) is 0.720. The normalized spacial score (nSPS) is 10.4. The molecule has 0 atom stereocenters. The maximum Gasteiger partial charge on any atom is 0.251 e. The lowest BCUT2D eigenvalue weighted by Gasteiger charge is -2.05. The highest BCUT2D eigenvalue weighted by atomic mass is 32.1. The molecule has 1 aromatic heterocycles. The summed E-state index contributed by atoms with van der Waals surface area (Å²) in [7, 11) is 0. The van der Waals surface area contributed by atoms with Crippen LogP contribution in [0, 0.1) is 6.92 Å². The lowest BCUT2D eigenvalue weighted by atomic mass is 10.1. The van der Waals surface area contributed by atoms with Crippen molar-refractivity contribution in [1.82, 2.24) is 15.5 Å². The number of nitrogens with zero attached hydrogens (tertiary/aromatic N) is 2. The van der Waals surface area contributed by atoms with Gasteiger partial charge < -0.3 is 5.32 Å². The summed E-state index contributed by atoms with van der Waals surface area (Å²) in [6, 6.07) is 7.18. The van der Waals surface area contributed by atoms with Crippen LogP contribution in [0.1, 0.15) is 47.1 Å². The van der Waals surface area contributed by atoms with Crippen LogP contribution in [-0.2, 0) is 11.2 Å². The second kappa shape index (κ2) is 9.12. The highest BCUT2D eigenvalue weighted by molar-refractivity contribution is 7.15. The molecule has 1 heterocycles. The molecule has 0 spiro atoms. The topological polar surface area (TPSA) is 84.0 Å². The monoisotopic (exact) mass is 346 g/mol. The summed E-state index contributed by atoms with van der Waals surface area (Å²) in [5, 5.41) is 14.7. The van der Waals surface area contributed by atoms with Crippen LogP contribution >= 0.6 is 11.3 Å². The zero-order chi connectivity index (χ0) is 17.4. The average Bonchev–Trinajstić information content (AvgIpc) is 3.01. The molecule has 6 nitrogen and oxygen atoms in total. The molecule has 0 aliphatic carbocycles. The average molecular weight is 346 g/mol. The third-order valence-corrected chi connectivity index (χ3v) is 4.33. The van der Waals surface area contributed by atoms with Gasteiger partial charge in [-0.25, -0.2) is 0 Å². The van der Waals surface area contributed by atoms with E-state index in [2.05, 4.69) is 27.8 Å². The molecule has 2 amide bonds. The van der Waals surface area contributed by atoms with Crippen molar-refractivity contribution in [2.45, 2.75) is 39.5 Å². The molecule has 7 heteroatoms. The van der Waals surface area contributed by atoms with E-state index >= 15 is 0 Å². The Kier molecular flexibility index (Phi) is 6.87. The number of benzene rings is 1. The van der Waals surface area contributed by atoms with Gasteiger partial charge in [0.25, 0.3) is 5.91 Å². The van der Waals surface area contributed by atoms with E-state index in [4.69, 9.17) is 0 Å². The van der Waals surface area contributed by atoms with Crippen molar-refractivity contribution in [3.63, 3.8) is 0 Å². The van der Waals surface area contributed by atoms with E-state index in [9.17, 15) is 9.59 Å². The molecule has 0 saturated heterocycles. The molecule has 1 aromatic carbocycles. The van der Waals surface area contributed by atoms with Crippen LogP contribution in [0.25, 0.3) is 0 Å². The molecule has 24 heavy (non-hydrogen) atoms. The Morgan fingerprint density at radius 1 is 1.12 bits per heavy atom. The van der Waals surface area contributed by atoms with Crippen LogP contribution < -0.4 is 10.6 Å². The minimum absolute atomic E-state index is 0.0997. The Morgan fingerprint density at radius 2 is 1.88 bits per heavy atom. The molecule has 2 rings (SSSR count). The molecule has 2 N–H and O–H groups in total. The van der Waals surface area contributed by atoms with E-state index in [1.54, 1.807) is 12.1 Å². The molecule has 0 aliphatic heterocycles. The van der Waals surface area contributed by atoms with Crippen molar-refractivity contribution in [2.24, 2.45) is 0 Å². The van der Waals surface area contributed by atoms with Crippen molar-refractivity contribution in [2.75, 3.05) is 11.9 Å². The molecule has 0 unspecified atom stereocenters. The molecule has 0 aliphatic rings. The van der Waals surface area contributed by atoms with Crippen LogP contribution in [0.2, 0.25) is 0 Å². The molecule has 128 valence electrons. The summed E-state index contributed by atoms with van der Waals surface area (Å²) >= 11 is 1.38. The van der Waals surface area contributed by atoms with E-state index in [0.29, 0.717) is 10.7 Å².